The van der Waals surface area contributed by atoms with Crippen LogP contribution in [-0.4, -0.2) is 16.0 Å². The summed E-state index contributed by atoms with van der Waals surface area (Å²) in [4.78, 5) is 42.4. The van der Waals surface area contributed by atoms with Gasteiger partial charge in [-0.15, -0.1) is 0 Å². The zero-order chi connectivity index (χ0) is 14.2. The molecule has 1 fully saturated rings. The minimum atomic E-state index is -0.686. The fourth-order valence-corrected chi connectivity index (χ4v) is 2.92. The minimum absolute atomic E-state index is 0.539. The van der Waals surface area contributed by atoms with E-state index in [9.17, 15) is 14.4 Å². The van der Waals surface area contributed by atoms with Crippen molar-refractivity contribution in [3.05, 3.63) is 44.5 Å². The first-order valence-corrected chi connectivity index (χ1v) is 6.50. The lowest BCUT2D eigenvalue weighted by molar-refractivity contribution is 0.456. The first kappa shape index (κ1) is 12.6. The van der Waals surface area contributed by atoms with E-state index >= 15 is 0 Å². The van der Waals surface area contributed by atoms with Crippen LogP contribution in [0.3, 0.4) is 0 Å². The van der Waals surface area contributed by atoms with E-state index in [1.54, 1.807) is 18.2 Å². The highest BCUT2D eigenvalue weighted by atomic mass is 16.2. The molecule has 0 amide bonds. The maximum absolute atomic E-state index is 11.4. The number of hydrogen-bond acceptors (Lipinski definition) is 4. The van der Waals surface area contributed by atoms with Gasteiger partial charge < -0.3 is 9.97 Å². The number of aromatic nitrogens is 2. The van der Waals surface area contributed by atoms with E-state index in [-0.39, 0.29) is 0 Å². The fraction of sp³-hybridized carbons (Fsp3) is 0.357. The van der Waals surface area contributed by atoms with Crippen LogP contribution in [0.2, 0.25) is 0 Å². The van der Waals surface area contributed by atoms with Crippen molar-refractivity contribution in [2.24, 2.45) is 4.99 Å². The van der Waals surface area contributed by atoms with Crippen LogP contribution in [0.1, 0.15) is 31.2 Å². The average Bonchev–Trinajstić information content (AvgIpc) is 2.90. The predicted molar refractivity (Wildman–Crippen MR) is 73.5 cm³/mol. The Bertz CT molecular complexity index is 821. The van der Waals surface area contributed by atoms with Crippen LogP contribution in [0, 0.1) is 0 Å². The molecule has 2 aromatic rings. The molecule has 6 nitrogen and oxygen atoms in total. The van der Waals surface area contributed by atoms with E-state index in [1.165, 1.54) is 0 Å². The molecule has 0 saturated heterocycles. The zero-order valence-corrected chi connectivity index (χ0v) is 10.7. The third-order valence-electron chi connectivity index (χ3n) is 3.95. The maximum Gasteiger partial charge on any atom is 0.314 e. The van der Waals surface area contributed by atoms with Crippen LogP contribution in [0.25, 0.3) is 11.0 Å². The lowest BCUT2D eigenvalue weighted by atomic mass is 9.88. The summed E-state index contributed by atoms with van der Waals surface area (Å²) in [6, 6.07) is 5.34. The topological polar surface area (TPSA) is 95.2 Å². The Labute approximate surface area is 113 Å². The molecule has 3 rings (SSSR count). The van der Waals surface area contributed by atoms with Crippen molar-refractivity contribution in [2.45, 2.75) is 31.2 Å². The van der Waals surface area contributed by atoms with Crippen LogP contribution < -0.4 is 11.1 Å². The quantitative estimate of drug-likeness (QED) is 0.490. The third-order valence-corrected chi connectivity index (χ3v) is 3.95. The fourth-order valence-electron chi connectivity index (χ4n) is 2.92. The molecule has 0 unspecified atom stereocenters. The smallest absolute Gasteiger partial charge is 0.314 e. The van der Waals surface area contributed by atoms with Gasteiger partial charge in [-0.1, -0.05) is 18.9 Å². The molecule has 0 aliphatic heterocycles. The van der Waals surface area contributed by atoms with Gasteiger partial charge in [-0.05, 0) is 30.5 Å². The van der Waals surface area contributed by atoms with Crippen molar-refractivity contribution in [1.82, 2.24) is 9.97 Å². The van der Waals surface area contributed by atoms with Gasteiger partial charge in [0.25, 0.3) is 0 Å². The second-order valence-electron chi connectivity index (χ2n) is 5.11. The summed E-state index contributed by atoms with van der Waals surface area (Å²) in [5.41, 5.74) is 0.0681. The molecule has 6 heteroatoms. The highest BCUT2D eigenvalue weighted by Gasteiger charge is 2.35. The SMILES string of the molecule is O=C=NC1(c2ccc3[nH]c(=O)c(=O)[nH]c3c2)CCCC1. The van der Waals surface area contributed by atoms with Gasteiger partial charge in [0, 0.05) is 0 Å². The van der Waals surface area contributed by atoms with Crippen LogP contribution in [0.15, 0.2) is 32.8 Å². The molecule has 0 atom stereocenters. The van der Waals surface area contributed by atoms with Gasteiger partial charge in [0.15, 0.2) is 0 Å². The number of rotatable bonds is 2. The van der Waals surface area contributed by atoms with Gasteiger partial charge in [-0.2, -0.15) is 4.99 Å². The summed E-state index contributed by atoms with van der Waals surface area (Å²) < 4.78 is 0. The molecular weight excluding hydrogens is 258 g/mol. The Morgan fingerprint density at radius 3 is 2.35 bits per heavy atom. The zero-order valence-electron chi connectivity index (χ0n) is 10.7. The summed E-state index contributed by atoms with van der Waals surface area (Å²) in [5, 5.41) is 0. The lowest BCUT2D eigenvalue weighted by Crippen LogP contribution is -2.29. The van der Waals surface area contributed by atoms with Crippen molar-refractivity contribution in [2.75, 3.05) is 0 Å². The van der Waals surface area contributed by atoms with E-state index < -0.39 is 16.7 Å². The van der Waals surface area contributed by atoms with Gasteiger partial charge in [-0.3, -0.25) is 9.59 Å². The van der Waals surface area contributed by atoms with E-state index in [0.717, 1.165) is 31.2 Å². The number of aromatic amines is 2. The van der Waals surface area contributed by atoms with E-state index in [2.05, 4.69) is 15.0 Å². The van der Waals surface area contributed by atoms with Crippen LogP contribution >= 0.6 is 0 Å². The first-order valence-electron chi connectivity index (χ1n) is 6.50. The summed E-state index contributed by atoms with van der Waals surface area (Å²) in [7, 11) is 0. The number of H-pyrrole nitrogens is 2. The van der Waals surface area contributed by atoms with Crippen LogP contribution in [0.5, 0.6) is 0 Å². The largest absolute Gasteiger partial charge is 0.316 e. The highest BCUT2D eigenvalue weighted by molar-refractivity contribution is 5.74. The molecule has 1 aromatic carbocycles. The molecule has 1 aliphatic carbocycles. The van der Waals surface area contributed by atoms with Gasteiger partial charge in [0.05, 0.1) is 16.6 Å². The Kier molecular flexibility index (Phi) is 2.88. The number of isocyanates is 1. The molecule has 0 spiro atoms. The Balaban J connectivity index is 2.22. The molecule has 20 heavy (non-hydrogen) atoms. The maximum atomic E-state index is 11.4. The Morgan fingerprint density at radius 2 is 1.70 bits per heavy atom. The molecule has 0 radical (unpaired) electrons. The average molecular weight is 271 g/mol. The lowest BCUT2D eigenvalue weighted by Gasteiger charge is -2.22. The minimum Gasteiger partial charge on any atom is -0.316 e. The van der Waals surface area contributed by atoms with Gasteiger partial charge >= 0.3 is 11.1 Å². The second-order valence-corrected chi connectivity index (χ2v) is 5.11. The number of hydrogen-bond donors (Lipinski definition) is 2. The van der Waals surface area contributed by atoms with Crippen molar-refractivity contribution < 1.29 is 4.79 Å². The molecular formula is C14H13N3O3. The molecule has 1 aliphatic rings. The summed E-state index contributed by atoms with van der Waals surface area (Å²) in [6.07, 6.45) is 5.26. The number of nitrogens with one attached hydrogen (secondary N) is 2. The number of carbonyl (C=O) groups excluding carboxylic acids is 1. The van der Waals surface area contributed by atoms with Crippen molar-refractivity contribution >= 4 is 17.1 Å². The van der Waals surface area contributed by atoms with E-state index in [1.807, 2.05) is 6.07 Å². The van der Waals surface area contributed by atoms with Gasteiger partial charge in [0.2, 0.25) is 6.08 Å². The Hall–Kier alpha value is -2.46. The number of fused-ring (bicyclic) bond motifs is 1. The number of aliphatic imine (C=N–C) groups is 1. The standard InChI is InChI=1S/C14H13N3O3/c18-8-15-14(5-1-2-6-14)9-3-4-10-11(7-9)17-13(20)12(19)16-10/h3-4,7H,1-2,5-6H2,(H,16,19)(H,17,20). The molecule has 0 bridgehead atoms. The Morgan fingerprint density at radius 1 is 1.05 bits per heavy atom. The third kappa shape index (κ3) is 1.90. The number of benzene rings is 1. The normalized spacial score (nSPS) is 17.0. The summed E-state index contributed by atoms with van der Waals surface area (Å²) in [6.45, 7) is 0. The van der Waals surface area contributed by atoms with Crippen molar-refractivity contribution in [1.29, 1.82) is 0 Å². The van der Waals surface area contributed by atoms with Crippen molar-refractivity contribution in [3.8, 4) is 0 Å². The molecule has 1 heterocycles. The van der Waals surface area contributed by atoms with Gasteiger partial charge in [-0.25, -0.2) is 4.79 Å². The predicted octanol–water partition coefficient (Wildman–Crippen LogP) is 1.32. The van der Waals surface area contributed by atoms with E-state index in [4.69, 9.17) is 0 Å². The molecule has 2 N–H and O–H groups in total. The first-order chi connectivity index (χ1) is 9.64. The summed E-state index contributed by atoms with van der Waals surface area (Å²) >= 11 is 0. The van der Waals surface area contributed by atoms with Gasteiger partial charge in [0.1, 0.15) is 0 Å². The molecule has 1 saturated carbocycles. The van der Waals surface area contributed by atoms with E-state index in [0.29, 0.717) is 11.0 Å². The van der Waals surface area contributed by atoms with Crippen molar-refractivity contribution in [3.63, 3.8) is 0 Å². The van der Waals surface area contributed by atoms with Crippen LogP contribution in [0.4, 0.5) is 0 Å². The molecule has 1 aromatic heterocycles. The monoisotopic (exact) mass is 271 g/mol. The highest BCUT2D eigenvalue weighted by Crippen LogP contribution is 2.42. The summed E-state index contributed by atoms with van der Waals surface area (Å²) in [5.74, 6) is 0. The molecule has 102 valence electrons. The second kappa shape index (κ2) is 4.58. The number of nitrogens with zero attached hydrogens (tertiary/aromatic N) is 1. The van der Waals surface area contributed by atoms with Crippen LogP contribution in [-0.2, 0) is 10.3 Å².